The van der Waals surface area contributed by atoms with Crippen molar-refractivity contribution >= 4 is 0 Å². The molecule has 21 heavy (non-hydrogen) atoms. The topological polar surface area (TPSA) is 23.5 Å². The van der Waals surface area contributed by atoms with Gasteiger partial charge in [0, 0.05) is 11.5 Å². The van der Waals surface area contributed by atoms with E-state index in [1.54, 1.807) is 0 Å². The molecule has 1 saturated heterocycles. The summed E-state index contributed by atoms with van der Waals surface area (Å²) in [6, 6.07) is 6.80. The Balaban J connectivity index is 2.14. The molecule has 1 unspecified atom stereocenters. The minimum Gasteiger partial charge on any atom is -0.508 e. The van der Waals surface area contributed by atoms with Gasteiger partial charge in [0.05, 0.1) is 0 Å². The number of piperidine rings is 1. The lowest BCUT2D eigenvalue weighted by atomic mass is 9.54. The fourth-order valence-electron chi connectivity index (χ4n) is 5.14. The Bertz CT molecular complexity index is 512. The van der Waals surface area contributed by atoms with Gasteiger partial charge >= 0.3 is 0 Å². The van der Waals surface area contributed by atoms with Crippen LogP contribution >= 0.6 is 0 Å². The maximum Gasteiger partial charge on any atom is 0.115 e. The highest BCUT2D eigenvalue weighted by molar-refractivity contribution is 5.44. The minimum atomic E-state index is 0.300. The summed E-state index contributed by atoms with van der Waals surface area (Å²) in [4.78, 5) is 2.59. The van der Waals surface area contributed by atoms with Crippen molar-refractivity contribution in [3.8, 4) is 5.75 Å². The molecule has 0 amide bonds. The third kappa shape index (κ3) is 2.28. The van der Waals surface area contributed by atoms with E-state index in [0.29, 0.717) is 17.2 Å². The van der Waals surface area contributed by atoms with E-state index < -0.39 is 0 Å². The number of hydrogen-bond donors (Lipinski definition) is 1. The van der Waals surface area contributed by atoms with Gasteiger partial charge in [-0.3, -0.25) is 0 Å². The number of benzene rings is 1. The third-order valence-electron chi connectivity index (χ3n) is 6.01. The van der Waals surface area contributed by atoms with E-state index in [-0.39, 0.29) is 0 Å². The van der Waals surface area contributed by atoms with Crippen LogP contribution in [0.5, 0.6) is 5.75 Å². The molecule has 116 valence electrons. The molecule has 1 N–H and O–H groups in total. The fraction of sp³-hybridized carbons (Fsp3) is 0.684. The summed E-state index contributed by atoms with van der Waals surface area (Å²) >= 11 is 0. The van der Waals surface area contributed by atoms with E-state index in [1.807, 2.05) is 6.07 Å². The second-order valence-corrected chi connectivity index (χ2v) is 7.14. The summed E-state index contributed by atoms with van der Waals surface area (Å²) in [5.74, 6) is 1.19. The highest BCUT2D eigenvalue weighted by Crippen LogP contribution is 2.53. The summed E-state index contributed by atoms with van der Waals surface area (Å²) in [5.41, 5.74) is 3.24. The van der Waals surface area contributed by atoms with Crippen LogP contribution in [0.3, 0.4) is 0 Å². The standard InChI is InChI=1S/C19H29NO/c1-4-6-16-18-12-14-7-8-15(21)13-17(14)19(16,9-5-2)10-11-20(18)3/h7-8,13,16,18,21H,4-6,9-12H2,1-3H3/t16-,18?,19+/m1/s1. The fourth-order valence-corrected chi connectivity index (χ4v) is 5.14. The average molecular weight is 287 g/mol. The van der Waals surface area contributed by atoms with E-state index in [1.165, 1.54) is 49.8 Å². The summed E-state index contributed by atoms with van der Waals surface area (Å²) in [6.07, 6.45) is 7.46. The van der Waals surface area contributed by atoms with E-state index in [0.717, 1.165) is 12.3 Å². The zero-order chi connectivity index (χ0) is 15.0. The predicted molar refractivity (Wildman–Crippen MR) is 87.8 cm³/mol. The normalized spacial score (nSPS) is 32.0. The van der Waals surface area contributed by atoms with Crippen LogP contribution in [0.1, 0.15) is 57.1 Å². The molecule has 2 bridgehead atoms. The first-order chi connectivity index (χ1) is 10.1. The second-order valence-electron chi connectivity index (χ2n) is 7.14. The van der Waals surface area contributed by atoms with Crippen molar-refractivity contribution in [2.45, 2.75) is 63.8 Å². The van der Waals surface area contributed by atoms with Gasteiger partial charge in [0.15, 0.2) is 0 Å². The van der Waals surface area contributed by atoms with Crippen molar-refractivity contribution in [1.29, 1.82) is 0 Å². The smallest absolute Gasteiger partial charge is 0.115 e. The predicted octanol–water partition coefficient (Wildman–Crippen LogP) is 4.11. The van der Waals surface area contributed by atoms with Crippen molar-refractivity contribution < 1.29 is 5.11 Å². The van der Waals surface area contributed by atoms with Crippen molar-refractivity contribution in [2.24, 2.45) is 5.92 Å². The van der Waals surface area contributed by atoms with Gasteiger partial charge < -0.3 is 10.0 Å². The molecule has 1 aliphatic carbocycles. The largest absolute Gasteiger partial charge is 0.508 e. The number of aromatic hydroxyl groups is 1. The van der Waals surface area contributed by atoms with Crippen LogP contribution < -0.4 is 0 Å². The Hall–Kier alpha value is -1.02. The number of rotatable bonds is 4. The molecule has 1 aliphatic heterocycles. The molecule has 2 nitrogen and oxygen atoms in total. The molecular weight excluding hydrogens is 258 g/mol. The van der Waals surface area contributed by atoms with Crippen molar-refractivity contribution in [3.05, 3.63) is 29.3 Å². The molecular formula is C19H29NO. The van der Waals surface area contributed by atoms with Gasteiger partial charge in [0.1, 0.15) is 5.75 Å². The number of fused-ring (bicyclic) bond motifs is 4. The van der Waals surface area contributed by atoms with Gasteiger partial charge in [-0.25, -0.2) is 0 Å². The number of phenolic OH excluding ortho intramolecular Hbond substituents is 1. The highest BCUT2D eigenvalue weighted by Gasteiger charge is 2.51. The number of phenols is 1. The molecule has 3 atom stereocenters. The summed E-state index contributed by atoms with van der Waals surface area (Å²) in [6.45, 7) is 5.81. The van der Waals surface area contributed by atoms with Crippen LogP contribution in [0.25, 0.3) is 0 Å². The molecule has 0 aromatic heterocycles. The van der Waals surface area contributed by atoms with Gasteiger partial charge in [-0.1, -0.05) is 32.8 Å². The molecule has 1 aromatic rings. The van der Waals surface area contributed by atoms with Crippen LogP contribution in [0, 0.1) is 5.92 Å². The number of nitrogens with zero attached hydrogens (tertiary/aromatic N) is 1. The number of hydrogen-bond acceptors (Lipinski definition) is 2. The lowest BCUT2D eigenvalue weighted by molar-refractivity contribution is 0.0197. The summed E-state index contributed by atoms with van der Waals surface area (Å²) in [5, 5.41) is 10.0. The molecule has 0 radical (unpaired) electrons. The van der Waals surface area contributed by atoms with Crippen LogP contribution in [0.4, 0.5) is 0 Å². The first-order valence-electron chi connectivity index (χ1n) is 8.65. The number of likely N-dealkylation sites (N-methyl/N-ethyl adjacent to an activating group) is 1. The molecule has 1 heterocycles. The number of likely N-dealkylation sites (tertiary alicyclic amines) is 1. The Morgan fingerprint density at radius 1 is 1.29 bits per heavy atom. The Kier molecular flexibility index (Phi) is 4.00. The maximum absolute atomic E-state index is 10.0. The monoisotopic (exact) mass is 287 g/mol. The van der Waals surface area contributed by atoms with E-state index in [4.69, 9.17) is 0 Å². The van der Waals surface area contributed by atoms with Gasteiger partial charge in [-0.05, 0) is 68.5 Å². The van der Waals surface area contributed by atoms with E-state index >= 15 is 0 Å². The van der Waals surface area contributed by atoms with Gasteiger partial charge in [-0.2, -0.15) is 0 Å². The Labute approximate surface area is 129 Å². The molecule has 2 heteroatoms. The average Bonchev–Trinajstić information content (AvgIpc) is 2.46. The molecule has 3 rings (SSSR count). The Morgan fingerprint density at radius 3 is 2.81 bits per heavy atom. The molecule has 2 aliphatic rings. The second kappa shape index (κ2) is 5.64. The molecule has 1 fully saturated rings. The molecule has 1 aromatic carbocycles. The van der Waals surface area contributed by atoms with Gasteiger partial charge in [0.25, 0.3) is 0 Å². The quantitative estimate of drug-likeness (QED) is 0.901. The van der Waals surface area contributed by atoms with Crippen LogP contribution in [-0.2, 0) is 11.8 Å². The summed E-state index contributed by atoms with van der Waals surface area (Å²) < 4.78 is 0. The van der Waals surface area contributed by atoms with E-state index in [2.05, 4.69) is 37.9 Å². The first kappa shape index (κ1) is 14.9. The Morgan fingerprint density at radius 2 is 2.10 bits per heavy atom. The van der Waals surface area contributed by atoms with Crippen LogP contribution in [0.2, 0.25) is 0 Å². The third-order valence-corrected chi connectivity index (χ3v) is 6.01. The maximum atomic E-state index is 10.0. The van der Waals surface area contributed by atoms with Crippen molar-refractivity contribution in [2.75, 3.05) is 13.6 Å². The first-order valence-corrected chi connectivity index (χ1v) is 8.65. The summed E-state index contributed by atoms with van der Waals surface area (Å²) in [7, 11) is 2.30. The van der Waals surface area contributed by atoms with Crippen LogP contribution in [-0.4, -0.2) is 29.6 Å². The van der Waals surface area contributed by atoms with Gasteiger partial charge in [0.2, 0.25) is 0 Å². The van der Waals surface area contributed by atoms with Gasteiger partial charge in [-0.15, -0.1) is 0 Å². The van der Waals surface area contributed by atoms with E-state index in [9.17, 15) is 5.11 Å². The van der Waals surface area contributed by atoms with Crippen molar-refractivity contribution in [1.82, 2.24) is 4.90 Å². The zero-order valence-electron chi connectivity index (χ0n) is 13.7. The SMILES string of the molecule is CCC[C@@H]1C2Cc3ccc(O)cc3[C@@]1(CCC)CCN2C. The zero-order valence-corrected chi connectivity index (χ0v) is 13.7. The molecule has 0 saturated carbocycles. The molecule has 0 spiro atoms. The van der Waals surface area contributed by atoms with Crippen LogP contribution in [0.15, 0.2) is 18.2 Å². The highest BCUT2D eigenvalue weighted by atomic mass is 16.3. The lowest BCUT2D eigenvalue weighted by Gasteiger charge is -2.56. The minimum absolute atomic E-state index is 0.300. The van der Waals surface area contributed by atoms with Crippen molar-refractivity contribution in [3.63, 3.8) is 0 Å². The lowest BCUT2D eigenvalue weighted by Crippen LogP contribution is -2.58.